The van der Waals surface area contributed by atoms with Crippen LogP contribution in [0, 0.1) is 0 Å². The summed E-state index contributed by atoms with van der Waals surface area (Å²) >= 11 is 0. The van der Waals surface area contributed by atoms with E-state index in [4.69, 9.17) is 0 Å². The van der Waals surface area contributed by atoms with E-state index in [1.54, 1.807) is 0 Å². The Morgan fingerprint density at radius 2 is 1.93 bits per heavy atom. The largest absolute Gasteiger partial charge is 0.549 e. The zero-order chi connectivity index (χ0) is 10.6. The number of carboxylic acid groups (broad SMARTS) is 1. The highest BCUT2D eigenvalue weighted by atomic mass is 16.4. The molecular formula is C11H14NO2-. The van der Waals surface area contributed by atoms with Gasteiger partial charge in [0, 0.05) is 12.5 Å². The van der Waals surface area contributed by atoms with Crippen LogP contribution in [0.5, 0.6) is 0 Å². The van der Waals surface area contributed by atoms with Crippen molar-refractivity contribution in [2.75, 3.05) is 20.6 Å². The van der Waals surface area contributed by atoms with Gasteiger partial charge in [0.15, 0.2) is 0 Å². The van der Waals surface area contributed by atoms with Gasteiger partial charge in [-0.05, 0) is 19.7 Å². The molecule has 0 radical (unpaired) electrons. The molecule has 0 saturated carbocycles. The van der Waals surface area contributed by atoms with Crippen molar-refractivity contribution in [2.45, 2.75) is 5.92 Å². The number of carbonyl (C=O) groups excluding carboxylic acids is 1. The molecule has 3 heteroatoms. The molecule has 1 unspecified atom stereocenters. The molecule has 3 nitrogen and oxygen atoms in total. The van der Waals surface area contributed by atoms with E-state index in [0.29, 0.717) is 6.54 Å². The molecule has 76 valence electrons. The number of carbonyl (C=O) groups is 1. The summed E-state index contributed by atoms with van der Waals surface area (Å²) in [5.74, 6) is -1.57. The van der Waals surface area contributed by atoms with E-state index < -0.39 is 11.9 Å². The second kappa shape index (κ2) is 4.77. The highest BCUT2D eigenvalue weighted by Gasteiger charge is 2.12. The molecule has 0 N–H and O–H groups in total. The zero-order valence-electron chi connectivity index (χ0n) is 8.43. The Bertz CT molecular complexity index is 295. The van der Waals surface area contributed by atoms with Crippen molar-refractivity contribution in [3.05, 3.63) is 35.9 Å². The number of likely N-dealkylation sites (N-methyl/N-ethyl adjacent to an activating group) is 1. The smallest absolute Gasteiger partial charge is 0.0502 e. The predicted octanol–water partition coefficient (Wildman–Crippen LogP) is 0.0817. The number of nitrogens with zero attached hydrogens (tertiary/aromatic N) is 1. The molecule has 0 aliphatic carbocycles. The van der Waals surface area contributed by atoms with Gasteiger partial charge in [0.05, 0.1) is 5.97 Å². The third kappa shape index (κ3) is 2.85. The Morgan fingerprint density at radius 1 is 1.36 bits per heavy atom. The van der Waals surface area contributed by atoms with Crippen LogP contribution in [0.2, 0.25) is 0 Å². The van der Waals surface area contributed by atoms with Crippen molar-refractivity contribution >= 4 is 5.97 Å². The average Bonchev–Trinajstić information content (AvgIpc) is 2.15. The van der Waals surface area contributed by atoms with Crippen molar-refractivity contribution in [1.29, 1.82) is 0 Å². The minimum atomic E-state index is -1.02. The number of hydrogen-bond acceptors (Lipinski definition) is 3. The monoisotopic (exact) mass is 192 g/mol. The first kappa shape index (κ1) is 10.7. The Hall–Kier alpha value is -1.35. The normalized spacial score (nSPS) is 12.8. The molecule has 0 aromatic heterocycles. The van der Waals surface area contributed by atoms with Gasteiger partial charge in [-0.15, -0.1) is 0 Å². The molecule has 0 heterocycles. The summed E-state index contributed by atoms with van der Waals surface area (Å²) in [5, 5.41) is 10.9. The lowest BCUT2D eigenvalue weighted by molar-refractivity contribution is -0.308. The molecular weight excluding hydrogens is 178 g/mol. The first-order chi connectivity index (χ1) is 6.61. The van der Waals surface area contributed by atoms with Gasteiger partial charge >= 0.3 is 0 Å². The number of hydrogen-bond donors (Lipinski definition) is 0. The molecule has 0 amide bonds. The standard InChI is InChI=1S/C11H15NO2/c1-12(2)8-10(11(13)14)9-6-4-3-5-7-9/h3-7,10H,8H2,1-2H3,(H,13,14)/p-1. The summed E-state index contributed by atoms with van der Waals surface area (Å²) in [6.45, 7) is 0.465. The number of aliphatic carboxylic acids is 1. The van der Waals surface area contributed by atoms with Gasteiger partial charge in [-0.1, -0.05) is 30.3 Å². The molecule has 1 aromatic carbocycles. The van der Waals surface area contributed by atoms with Crippen LogP contribution in [0.1, 0.15) is 11.5 Å². The topological polar surface area (TPSA) is 43.4 Å². The summed E-state index contributed by atoms with van der Waals surface area (Å²) in [7, 11) is 3.69. The molecule has 1 atom stereocenters. The lowest BCUT2D eigenvalue weighted by Gasteiger charge is -2.22. The van der Waals surface area contributed by atoms with Crippen LogP contribution >= 0.6 is 0 Å². The van der Waals surface area contributed by atoms with Crippen LogP contribution in [0.15, 0.2) is 30.3 Å². The Kier molecular flexibility index (Phi) is 3.65. The van der Waals surface area contributed by atoms with E-state index >= 15 is 0 Å². The van der Waals surface area contributed by atoms with Gasteiger partial charge in [-0.2, -0.15) is 0 Å². The van der Waals surface area contributed by atoms with Gasteiger partial charge in [0.2, 0.25) is 0 Å². The minimum absolute atomic E-state index is 0.465. The lowest BCUT2D eigenvalue weighted by Crippen LogP contribution is -2.35. The molecule has 0 aliphatic heterocycles. The summed E-state index contributed by atoms with van der Waals surface area (Å²) in [4.78, 5) is 12.7. The molecule has 0 bridgehead atoms. The number of benzene rings is 1. The second-order valence-corrected chi connectivity index (χ2v) is 3.54. The molecule has 1 rings (SSSR count). The van der Waals surface area contributed by atoms with E-state index in [0.717, 1.165) is 5.56 Å². The molecule has 0 aliphatic rings. The van der Waals surface area contributed by atoms with Crippen LogP contribution < -0.4 is 5.11 Å². The van der Waals surface area contributed by atoms with Gasteiger partial charge in [-0.25, -0.2) is 0 Å². The maximum atomic E-state index is 10.9. The SMILES string of the molecule is CN(C)CC(C(=O)[O-])c1ccccc1. The van der Waals surface area contributed by atoms with Crippen LogP contribution in [0.3, 0.4) is 0 Å². The fourth-order valence-corrected chi connectivity index (χ4v) is 1.37. The molecule has 14 heavy (non-hydrogen) atoms. The highest BCUT2D eigenvalue weighted by molar-refractivity contribution is 5.74. The van der Waals surface area contributed by atoms with E-state index in [9.17, 15) is 9.90 Å². The Morgan fingerprint density at radius 3 is 2.36 bits per heavy atom. The van der Waals surface area contributed by atoms with E-state index in [1.807, 2.05) is 49.3 Å². The van der Waals surface area contributed by atoms with E-state index in [2.05, 4.69) is 0 Å². The van der Waals surface area contributed by atoms with Crippen molar-refractivity contribution in [1.82, 2.24) is 4.90 Å². The van der Waals surface area contributed by atoms with Crippen molar-refractivity contribution in [2.24, 2.45) is 0 Å². The van der Waals surface area contributed by atoms with Crippen molar-refractivity contribution in [3.63, 3.8) is 0 Å². The van der Waals surface area contributed by atoms with Gasteiger partial charge < -0.3 is 14.8 Å². The molecule has 0 fully saturated rings. The maximum Gasteiger partial charge on any atom is 0.0502 e. The predicted molar refractivity (Wildman–Crippen MR) is 52.7 cm³/mol. The fourth-order valence-electron chi connectivity index (χ4n) is 1.37. The van der Waals surface area contributed by atoms with Gasteiger partial charge in [0.1, 0.15) is 0 Å². The Labute approximate surface area is 84.0 Å². The maximum absolute atomic E-state index is 10.9. The Balaban J connectivity index is 2.84. The quantitative estimate of drug-likeness (QED) is 0.678. The highest BCUT2D eigenvalue weighted by Crippen LogP contribution is 2.15. The van der Waals surface area contributed by atoms with Crippen LogP contribution in [0.4, 0.5) is 0 Å². The van der Waals surface area contributed by atoms with E-state index in [1.165, 1.54) is 0 Å². The molecule has 0 spiro atoms. The van der Waals surface area contributed by atoms with Crippen molar-refractivity contribution in [3.8, 4) is 0 Å². The summed E-state index contributed by atoms with van der Waals surface area (Å²) < 4.78 is 0. The third-order valence-corrected chi connectivity index (χ3v) is 2.03. The van der Waals surface area contributed by atoms with Crippen LogP contribution in [0.25, 0.3) is 0 Å². The number of rotatable bonds is 4. The van der Waals surface area contributed by atoms with Gasteiger partial charge in [-0.3, -0.25) is 0 Å². The van der Waals surface area contributed by atoms with Gasteiger partial charge in [0.25, 0.3) is 0 Å². The molecule has 0 saturated heterocycles. The average molecular weight is 192 g/mol. The lowest BCUT2D eigenvalue weighted by atomic mass is 9.99. The zero-order valence-corrected chi connectivity index (χ0v) is 8.43. The first-order valence-electron chi connectivity index (χ1n) is 4.52. The van der Waals surface area contributed by atoms with Crippen LogP contribution in [-0.2, 0) is 4.79 Å². The second-order valence-electron chi connectivity index (χ2n) is 3.54. The van der Waals surface area contributed by atoms with E-state index in [-0.39, 0.29) is 0 Å². The first-order valence-corrected chi connectivity index (χ1v) is 4.52. The summed E-state index contributed by atoms with van der Waals surface area (Å²) in [6, 6.07) is 9.15. The molecule has 1 aromatic rings. The van der Waals surface area contributed by atoms with Crippen molar-refractivity contribution < 1.29 is 9.90 Å². The summed E-state index contributed by atoms with van der Waals surface area (Å²) in [5.41, 5.74) is 0.793. The van der Waals surface area contributed by atoms with Crippen LogP contribution in [-0.4, -0.2) is 31.5 Å². The minimum Gasteiger partial charge on any atom is -0.549 e. The third-order valence-electron chi connectivity index (χ3n) is 2.03. The number of carboxylic acids is 1. The fraction of sp³-hybridized carbons (Fsp3) is 0.364. The summed E-state index contributed by atoms with van der Waals surface area (Å²) in [6.07, 6.45) is 0.